The highest BCUT2D eigenvalue weighted by molar-refractivity contribution is 5.93. The van der Waals surface area contributed by atoms with E-state index in [-0.39, 0.29) is 6.42 Å². The molecule has 0 amide bonds. The third-order valence-corrected chi connectivity index (χ3v) is 5.45. The van der Waals surface area contributed by atoms with Gasteiger partial charge in [-0.25, -0.2) is 0 Å². The van der Waals surface area contributed by atoms with Gasteiger partial charge in [-0.3, -0.25) is 9.59 Å². The second kappa shape index (κ2) is 18.2. The van der Waals surface area contributed by atoms with Gasteiger partial charge >= 0.3 is 11.9 Å². The average Bonchev–Trinajstić information content (AvgIpc) is 2.67. The lowest BCUT2D eigenvalue weighted by molar-refractivity contribution is -0.154. The molecule has 0 aliphatic carbocycles. The molecular formula is C25H45NO4. The summed E-state index contributed by atoms with van der Waals surface area (Å²) in [4.78, 5) is 24.4. The summed E-state index contributed by atoms with van der Waals surface area (Å²) in [5, 5.41) is 17.8. The van der Waals surface area contributed by atoms with E-state index in [1.807, 2.05) is 6.92 Å². The quantitative estimate of drug-likeness (QED) is 0.145. The van der Waals surface area contributed by atoms with Gasteiger partial charge in [0.05, 0.1) is 0 Å². The van der Waals surface area contributed by atoms with Gasteiger partial charge in [-0.05, 0) is 84.8 Å². The number of unbranched alkanes of at least 4 members (excludes halogenated alkanes) is 4. The second-order valence-corrected chi connectivity index (χ2v) is 8.46. The van der Waals surface area contributed by atoms with Crippen molar-refractivity contribution in [3.63, 3.8) is 0 Å². The van der Waals surface area contributed by atoms with Gasteiger partial charge in [0, 0.05) is 0 Å². The fourth-order valence-corrected chi connectivity index (χ4v) is 3.61. The maximum atomic E-state index is 10.9. The molecule has 5 heteroatoms. The standard InChI is InChI=1S/C25H45NO4/c1-5-18-26(19-6-2)20-11-9-7-8-10-13-21(3)14-12-15-22(4)16-17-23(24(27)28)25(29)30/h14,16,23H,5-13,15,17-20H2,1-4H3,(H,27,28)(H,29,30)/b21-14+,22-16+. The molecule has 0 aromatic heterocycles. The first-order valence-corrected chi connectivity index (χ1v) is 11.8. The van der Waals surface area contributed by atoms with Gasteiger partial charge in [-0.2, -0.15) is 0 Å². The lowest BCUT2D eigenvalue weighted by Crippen LogP contribution is -2.26. The van der Waals surface area contributed by atoms with Gasteiger partial charge in [0.15, 0.2) is 5.92 Å². The molecule has 0 aromatic carbocycles. The molecule has 0 aromatic rings. The van der Waals surface area contributed by atoms with Crippen LogP contribution in [0.5, 0.6) is 0 Å². The first-order valence-electron chi connectivity index (χ1n) is 11.8. The van der Waals surface area contributed by atoms with Gasteiger partial charge in [0.1, 0.15) is 0 Å². The maximum absolute atomic E-state index is 10.9. The molecule has 0 aliphatic heterocycles. The Balaban J connectivity index is 3.92. The number of hydrogen-bond donors (Lipinski definition) is 2. The third-order valence-electron chi connectivity index (χ3n) is 5.45. The molecule has 0 spiro atoms. The highest BCUT2D eigenvalue weighted by atomic mass is 16.4. The highest BCUT2D eigenvalue weighted by Crippen LogP contribution is 2.15. The number of nitrogens with zero attached hydrogens (tertiary/aromatic N) is 1. The number of carboxylic acid groups (broad SMARTS) is 2. The Kier molecular flexibility index (Phi) is 17.2. The van der Waals surface area contributed by atoms with Gasteiger partial charge in [0.25, 0.3) is 0 Å². The SMILES string of the molecule is CCCN(CCC)CCCCCCC/C(C)=C/CC/C(C)=C/CC(C(=O)O)C(=O)O. The number of aliphatic carboxylic acids is 2. The Morgan fingerprint density at radius 1 is 0.767 bits per heavy atom. The summed E-state index contributed by atoms with van der Waals surface area (Å²) < 4.78 is 0. The van der Waals surface area contributed by atoms with E-state index in [9.17, 15) is 9.59 Å². The predicted octanol–water partition coefficient (Wildman–Crippen LogP) is 6.30. The molecule has 0 aliphatic rings. The summed E-state index contributed by atoms with van der Waals surface area (Å²) in [5.41, 5.74) is 2.46. The molecule has 174 valence electrons. The fourth-order valence-electron chi connectivity index (χ4n) is 3.61. The zero-order valence-electron chi connectivity index (χ0n) is 19.8. The van der Waals surface area contributed by atoms with Crippen molar-refractivity contribution in [2.24, 2.45) is 5.92 Å². The normalized spacial score (nSPS) is 12.7. The minimum Gasteiger partial charge on any atom is -0.481 e. The molecular weight excluding hydrogens is 378 g/mol. The van der Waals surface area contributed by atoms with Gasteiger partial charge in [-0.1, -0.05) is 56.4 Å². The molecule has 0 atom stereocenters. The zero-order chi connectivity index (χ0) is 22.8. The number of hydrogen-bond acceptors (Lipinski definition) is 3. The van der Waals surface area contributed by atoms with Crippen LogP contribution < -0.4 is 0 Å². The van der Waals surface area contributed by atoms with Crippen LogP contribution in [0, 0.1) is 5.92 Å². The molecule has 2 N–H and O–H groups in total. The number of allylic oxidation sites excluding steroid dienone is 4. The Hall–Kier alpha value is -1.62. The minimum atomic E-state index is -1.35. The zero-order valence-corrected chi connectivity index (χ0v) is 19.8. The lowest BCUT2D eigenvalue weighted by Gasteiger charge is -2.20. The first kappa shape index (κ1) is 28.4. The van der Waals surface area contributed by atoms with Crippen LogP contribution in [-0.4, -0.2) is 46.7 Å². The smallest absolute Gasteiger partial charge is 0.318 e. The Bertz CT molecular complexity index is 519. The molecule has 0 unspecified atom stereocenters. The molecule has 5 nitrogen and oxygen atoms in total. The van der Waals surface area contributed by atoms with Crippen LogP contribution in [0.15, 0.2) is 23.3 Å². The number of rotatable bonds is 19. The van der Waals surface area contributed by atoms with Crippen LogP contribution in [0.2, 0.25) is 0 Å². The molecule has 0 fully saturated rings. The number of carbonyl (C=O) groups is 2. The van der Waals surface area contributed by atoms with Crippen molar-refractivity contribution in [3.8, 4) is 0 Å². The molecule has 0 bridgehead atoms. The van der Waals surface area contributed by atoms with Crippen molar-refractivity contribution in [3.05, 3.63) is 23.3 Å². The van der Waals surface area contributed by atoms with Gasteiger partial charge < -0.3 is 15.1 Å². The van der Waals surface area contributed by atoms with E-state index in [2.05, 4.69) is 31.7 Å². The van der Waals surface area contributed by atoms with E-state index < -0.39 is 17.9 Å². The predicted molar refractivity (Wildman–Crippen MR) is 125 cm³/mol. The van der Waals surface area contributed by atoms with Gasteiger partial charge in [-0.15, -0.1) is 0 Å². The lowest BCUT2D eigenvalue weighted by atomic mass is 10.0. The highest BCUT2D eigenvalue weighted by Gasteiger charge is 2.24. The molecule has 0 saturated carbocycles. The summed E-state index contributed by atoms with van der Waals surface area (Å²) in [6.07, 6.45) is 15.9. The molecule has 0 heterocycles. The van der Waals surface area contributed by atoms with Crippen LogP contribution in [0.3, 0.4) is 0 Å². The fraction of sp³-hybridized carbons (Fsp3) is 0.760. The van der Waals surface area contributed by atoms with Crippen molar-refractivity contribution in [2.75, 3.05) is 19.6 Å². The average molecular weight is 424 g/mol. The molecule has 0 rings (SSSR count). The van der Waals surface area contributed by atoms with Crippen molar-refractivity contribution in [2.45, 2.75) is 98.3 Å². The van der Waals surface area contributed by atoms with Crippen molar-refractivity contribution in [1.29, 1.82) is 0 Å². The Labute approximate surface area is 184 Å². The molecule has 30 heavy (non-hydrogen) atoms. The topological polar surface area (TPSA) is 77.8 Å². The van der Waals surface area contributed by atoms with E-state index in [1.165, 1.54) is 70.2 Å². The first-order chi connectivity index (χ1) is 14.3. The van der Waals surface area contributed by atoms with Gasteiger partial charge in [0.2, 0.25) is 0 Å². The number of carboxylic acids is 2. The minimum absolute atomic E-state index is 0.0494. The summed E-state index contributed by atoms with van der Waals surface area (Å²) >= 11 is 0. The van der Waals surface area contributed by atoms with Crippen LogP contribution in [0.1, 0.15) is 98.3 Å². The van der Waals surface area contributed by atoms with Crippen molar-refractivity contribution in [1.82, 2.24) is 4.90 Å². The maximum Gasteiger partial charge on any atom is 0.318 e. The van der Waals surface area contributed by atoms with Crippen LogP contribution in [0.4, 0.5) is 0 Å². The van der Waals surface area contributed by atoms with Crippen LogP contribution in [-0.2, 0) is 9.59 Å². The molecule has 0 saturated heterocycles. The summed E-state index contributed by atoms with van der Waals surface area (Å²) in [6.45, 7) is 12.3. The van der Waals surface area contributed by atoms with E-state index >= 15 is 0 Å². The second-order valence-electron chi connectivity index (χ2n) is 8.46. The van der Waals surface area contributed by atoms with E-state index in [1.54, 1.807) is 6.08 Å². The van der Waals surface area contributed by atoms with E-state index in [0.29, 0.717) is 0 Å². The van der Waals surface area contributed by atoms with Crippen molar-refractivity contribution >= 4 is 11.9 Å². The van der Waals surface area contributed by atoms with E-state index in [0.717, 1.165) is 24.8 Å². The molecule has 0 radical (unpaired) electrons. The monoisotopic (exact) mass is 423 g/mol. The van der Waals surface area contributed by atoms with E-state index in [4.69, 9.17) is 10.2 Å². The largest absolute Gasteiger partial charge is 0.481 e. The van der Waals surface area contributed by atoms with Crippen molar-refractivity contribution < 1.29 is 19.8 Å². The Morgan fingerprint density at radius 2 is 1.30 bits per heavy atom. The Morgan fingerprint density at radius 3 is 1.87 bits per heavy atom. The van der Waals surface area contributed by atoms with Crippen LogP contribution >= 0.6 is 0 Å². The summed E-state index contributed by atoms with van der Waals surface area (Å²) in [7, 11) is 0. The third kappa shape index (κ3) is 15.3. The summed E-state index contributed by atoms with van der Waals surface area (Å²) in [6, 6.07) is 0. The van der Waals surface area contributed by atoms with Crippen LogP contribution in [0.25, 0.3) is 0 Å². The summed E-state index contributed by atoms with van der Waals surface area (Å²) in [5.74, 6) is -3.90.